The number of ether oxygens (including phenoxy) is 1. The van der Waals surface area contributed by atoms with Gasteiger partial charge in [-0.1, -0.05) is 6.92 Å². The van der Waals surface area contributed by atoms with E-state index in [0.29, 0.717) is 12.5 Å². The summed E-state index contributed by atoms with van der Waals surface area (Å²) in [5.41, 5.74) is 0. The number of hydrogen-bond donors (Lipinski definition) is 0. The number of nitrogens with zero attached hydrogens (tertiary/aromatic N) is 1. The third-order valence-electron chi connectivity index (χ3n) is 2.36. The number of rotatable bonds is 3. The molecule has 0 bridgehead atoms. The van der Waals surface area contributed by atoms with Gasteiger partial charge in [-0.15, -0.1) is 0 Å². The predicted octanol–water partition coefficient (Wildman–Crippen LogP) is 1.73. The van der Waals surface area contributed by atoms with Crippen LogP contribution in [0.3, 0.4) is 0 Å². The second kappa shape index (κ2) is 3.78. The van der Waals surface area contributed by atoms with Crippen LogP contribution in [0.1, 0.15) is 20.3 Å². The molecule has 0 aromatic rings. The lowest BCUT2D eigenvalue weighted by Gasteiger charge is -2.15. The fourth-order valence-electron chi connectivity index (χ4n) is 1.31. The van der Waals surface area contributed by atoms with Crippen LogP contribution < -0.4 is 0 Å². The molecule has 12 heavy (non-hydrogen) atoms. The Hall–Kier alpha value is -0.730. The number of amides is 1. The van der Waals surface area contributed by atoms with Gasteiger partial charge in [0.05, 0.1) is 6.61 Å². The molecule has 1 fully saturated rings. The highest BCUT2D eigenvalue weighted by molar-refractivity contribution is 5.67. The molecule has 0 aromatic carbocycles. The van der Waals surface area contributed by atoms with Gasteiger partial charge in [0.1, 0.15) is 0 Å². The molecule has 2 atom stereocenters. The van der Waals surface area contributed by atoms with E-state index in [4.69, 9.17) is 4.74 Å². The van der Waals surface area contributed by atoms with Crippen molar-refractivity contribution in [3.63, 3.8) is 0 Å². The van der Waals surface area contributed by atoms with Crippen LogP contribution in [0.5, 0.6) is 0 Å². The maximum atomic E-state index is 11.1. The Morgan fingerprint density at radius 3 is 2.67 bits per heavy atom. The maximum absolute atomic E-state index is 11.1. The summed E-state index contributed by atoms with van der Waals surface area (Å²) in [5.74, 6) is 1.50. The highest BCUT2D eigenvalue weighted by Crippen LogP contribution is 2.37. The van der Waals surface area contributed by atoms with Crippen LogP contribution in [0.15, 0.2) is 0 Å². The van der Waals surface area contributed by atoms with Gasteiger partial charge in [0, 0.05) is 13.6 Å². The second-order valence-corrected chi connectivity index (χ2v) is 3.55. The minimum absolute atomic E-state index is 0.198. The Morgan fingerprint density at radius 1 is 1.67 bits per heavy atom. The van der Waals surface area contributed by atoms with Gasteiger partial charge in [0.25, 0.3) is 0 Å². The molecular weight excluding hydrogens is 154 g/mol. The molecule has 1 saturated carbocycles. The summed E-state index contributed by atoms with van der Waals surface area (Å²) in [6.45, 7) is 5.35. The topological polar surface area (TPSA) is 29.5 Å². The Kier molecular flexibility index (Phi) is 2.95. The molecule has 0 aromatic heterocycles. The highest BCUT2D eigenvalue weighted by Gasteiger charge is 2.34. The minimum Gasteiger partial charge on any atom is -0.450 e. The number of carbonyl (C=O) groups is 1. The van der Waals surface area contributed by atoms with Gasteiger partial charge in [0.15, 0.2) is 0 Å². The molecule has 3 heteroatoms. The van der Waals surface area contributed by atoms with E-state index in [2.05, 4.69) is 6.92 Å². The van der Waals surface area contributed by atoms with Crippen LogP contribution in [-0.2, 0) is 4.74 Å². The van der Waals surface area contributed by atoms with Gasteiger partial charge < -0.3 is 9.64 Å². The van der Waals surface area contributed by atoms with E-state index >= 15 is 0 Å². The fourth-order valence-corrected chi connectivity index (χ4v) is 1.31. The van der Waals surface area contributed by atoms with Crippen LogP contribution >= 0.6 is 0 Å². The molecule has 1 aliphatic rings. The van der Waals surface area contributed by atoms with Crippen LogP contribution in [-0.4, -0.2) is 31.2 Å². The Balaban J connectivity index is 2.18. The molecule has 2 unspecified atom stereocenters. The summed E-state index contributed by atoms with van der Waals surface area (Å²) in [5, 5.41) is 0. The van der Waals surface area contributed by atoms with E-state index < -0.39 is 0 Å². The number of hydrogen-bond acceptors (Lipinski definition) is 2. The summed E-state index contributed by atoms with van der Waals surface area (Å²) in [6.07, 6.45) is 1.06. The zero-order chi connectivity index (χ0) is 9.14. The lowest BCUT2D eigenvalue weighted by atomic mass is 10.3. The predicted molar refractivity (Wildman–Crippen MR) is 46.9 cm³/mol. The van der Waals surface area contributed by atoms with Crippen LogP contribution in [0.25, 0.3) is 0 Å². The zero-order valence-electron chi connectivity index (χ0n) is 8.04. The molecule has 0 N–H and O–H groups in total. The van der Waals surface area contributed by atoms with E-state index in [1.165, 1.54) is 6.42 Å². The Labute approximate surface area is 73.7 Å². The molecule has 1 rings (SSSR count). The van der Waals surface area contributed by atoms with Gasteiger partial charge >= 0.3 is 6.09 Å². The first kappa shape index (κ1) is 9.36. The molecule has 0 aliphatic heterocycles. The average molecular weight is 171 g/mol. The summed E-state index contributed by atoms with van der Waals surface area (Å²) in [7, 11) is 1.79. The molecule has 1 aliphatic carbocycles. The van der Waals surface area contributed by atoms with Crippen LogP contribution in [0.4, 0.5) is 4.79 Å². The third-order valence-corrected chi connectivity index (χ3v) is 2.36. The van der Waals surface area contributed by atoms with E-state index in [-0.39, 0.29) is 6.09 Å². The molecule has 1 amide bonds. The number of carbonyl (C=O) groups excluding carboxylic acids is 1. The van der Waals surface area contributed by atoms with Crippen LogP contribution in [0, 0.1) is 11.8 Å². The Morgan fingerprint density at radius 2 is 2.25 bits per heavy atom. The average Bonchev–Trinajstić information content (AvgIpc) is 2.67. The Bertz CT molecular complexity index is 170. The summed E-state index contributed by atoms with van der Waals surface area (Å²) in [6, 6.07) is 0. The smallest absolute Gasteiger partial charge is 0.409 e. The lowest BCUT2D eigenvalue weighted by Crippen LogP contribution is -2.29. The van der Waals surface area contributed by atoms with Gasteiger partial charge in [-0.2, -0.15) is 0 Å². The van der Waals surface area contributed by atoms with Crippen LogP contribution in [0.2, 0.25) is 0 Å². The monoisotopic (exact) mass is 171 g/mol. The summed E-state index contributed by atoms with van der Waals surface area (Å²) >= 11 is 0. The molecule has 0 heterocycles. The molecule has 0 spiro atoms. The van der Waals surface area contributed by atoms with E-state index in [1.807, 2.05) is 6.92 Å². The van der Waals surface area contributed by atoms with E-state index in [1.54, 1.807) is 11.9 Å². The fraction of sp³-hybridized carbons (Fsp3) is 0.889. The van der Waals surface area contributed by atoms with Crippen molar-refractivity contribution in [1.82, 2.24) is 4.90 Å². The van der Waals surface area contributed by atoms with E-state index in [0.717, 1.165) is 12.5 Å². The van der Waals surface area contributed by atoms with Gasteiger partial charge in [-0.05, 0) is 25.2 Å². The first-order valence-corrected chi connectivity index (χ1v) is 4.53. The quantitative estimate of drug-likeness (QED) is 0.647. The molecule has 0 radical (unpaired) electrons. The van der Waals surface area contributed by atoms with Crippen molar-refractivity contribution in [2.75, 3.05) is 20.2 Å². The maximum Gasteiger partial charge on any atom is 0.409 e. The van der Waals surface area contributed by atoms with Gasteiger partial charge in [-0.3, -0.25) is 0 Å². The van der Waals surface area contributed by atoms with Crippen molar-refractivity contribution in [3.8, 4) is 0 Å². The van der Waals surface area contributed by atoms with E-state index in [9.17, 15) is 4.79 Å². The van der Waals surface area contributed by atoms with Crippen molar-refractivity contribution < 1.29 is 9.53 Å². The highest BCUT2D eigenvalue weighted by atomic mass is 16.5. The molecule has 0 saturated heterocycles. The lowest BCUT2D eigenvalue weighted by molar-refractivity contribution is 0.114. The van der Waals surface area contributed by atoms with Crippen molar-refractivity contribution >= 4 is 6.09 Å². The zero-order valence-corrected chi connectivity index (χ0v) is 8.04. The second-order valence-electron chi connectivity index (χ2n) is 3.55. The van der Waals surface area contributed by atoms with Gasteiger partial charge in [-0.25, -0.2) is 4.79 Å². The molecule has 70 valence electrons. The summed E-state index contributed by atoms with van der Waals surface area (Å²) < 4.78 is 4.85. The van der Waals surface area contributed by atoms with Crippen molar-refractivity contribution in [2.45, 2.75) is 20.3 Å². The minimum atomic E-state index is -0.198. The van der Waals surface area contributed by atoms with Crippen molar-refractivity contribution in [1.29, 1.82) is 0 Å². The van der Waals surface area contributed by atoms with Crippen molar-refractivity contribution in [3.05, 3.63) is 0 Å². The largest absolute Gasteiger partial charge is 0.450 e. The standard InChI is InChI=1S/C9H17NO2/c1-4-12-9(11)10(3)6-8-5-7(8)2/h7-8H,4-6H2,1-3H3. The van der Waals surface area contributed by atoms with Crippen molar-refractivity contribution in [2.24, 2.45) is 11.8 Å². The SMILES string of the molecule is CCOC(=O)N(C)CC1CC1C. The third kappa shape index (κ3) is 2.40. The first-order chi connectivity index (χ1) is 5.65. The summed E-state index contributed by atoms with van der Waals surface area (Å²) in [4.78, 5) is 12.8. The first-order valence-electron chi connectivity index (χ1n) is 4.53. The van der Waals surface area contributed by atoms with Gasteiger partial charge in [0.2, 0.25) is 0 Å². The normalized spacial score (nSPS) is 26.6. The molecular formula is C9H17NO2. The molecule has 3 nitrogen and oxygen atoms in total.